The van der Waals surface area contributed by atoms with E-state index >= 15 is 0 Å². The molecule has 0 aliphatic carbocycles. The average Bonchev–Trinajstić information content (AvgIpc) is 3.06. The van der Waals surface area contributed by atoms with Crippen molar-refractivity contribution in [2.75, 3.05) is 19.7 Å². The molecule has 3 heterocycles. The van der Waals surface area contributed by atoms with E-state index in [0.717, 1.165) is 64.2 Å². The lowest BCUT2D eigenvalue weighted by atomic mass is 9.92. The fourth-order valence-corrected chi connectivity index (χ4v) is 3.54. The highest BCUT2D eigenvalue weighted by atomic mass is 16.5. The third-order valence-corrected chi connectivity index (χ3v) is 4.92. The SMILES string of the molecule is Cc1nccn1CCCN1CC[C@@]2(CCCO2)CCC1=O. The molecule has 2 aliphatic heterocycles. The smallest absolute Gasteiger partial charge is 0.222 e. The molecule has 21 heavy (non-hydrogen) atoms. The van der Waals surface area contributed by atoms with Crippen molar-refractivity contribution in [3.8, 4) is 0 Å². The van der Waals surface area contributed by atoms with Crippen molar-refractivity contribution in [1.29, 1.82) is 0 Å². The zero-order valence-corrected chi connectivity index (χ0v) is 12.9. The summed E-state index contributed by atoms with van der Waals surface area (Å²) in [7, 11) is 0. The predicted molar refractivity (Wildman–Crippen MR) is 79.9 cm³/mol. The number of rotatable bonds is 4. The van der Waals surface area contributed by atoms with E-state index in [2.05, 4.69) is 9.55 Å². The molecule has 2 fully saturated rings. The lowest BCUT2D eigenvalue weighted by Crippen LogP contribution is -2.33. The van der Waals surface area contributed by atoms with Gasteiger partial charge in [0.1, 0.15) is 5.82 Å². The second-order valence-electron chi connectivity index (χ2n) is 6.29. The van der Waals surface area contributed by atoms with Crippen LogP contribution < -0.4 is 0 Å². The topological polar surface area (TPSA) is 47.4 Å². The number of hydrogen-bond donors (Lipinski definition) is 0. The monoisotopic (exact) mass is 291 g/mol. The maximum absolute atomic E-state index is 12.3. The van der Waals surface area contributed by atoms with E-state index < -0.39 is 0 Å². The highest BCUT2D eigenvalue weighted by Crippen LogP contribution is 2.35. The molecule has 3 rings (SSSR count). The fraction of sp³-hybridized carbons (Fsp3) is 0.750. The molecule has 0 N–H and O–H groups in total. The van der Waals surface area contributed by atoms with E-state index in [-0.39, 0.29) is 5.60 Å². The zero-order valence-electron chi connectivity index (χ0n) is 12.9. The summed E-state index contributed by atoms with van der Waals surface area (Å²) in [6.07, 6.45) is 9.64. The van der Waals surface area contributed by atoms with Gasteiger partial charge in [0.25, 0.3) is 0 Å². The van der Waals surface area contributed by atoms with Gasteiger partial charge in [-0.05, 0) is 39.0 Å². The normalized spacial score (nSPS) is 26.5. The number of carbonyl (C=O) groups excluding carboxylic acids is 1. The van der Waals surface area contributed by atoms with Crippen molar-refractivity contribution in [2.24, 2.45) is 0 Å². The highest BCUT2D eigenvalue weighted by molar-refractivity contribution is 5.76. The largest absolute Gasteiger partial charge is 0.375 e. The number of amides is 1. The Bertz CT molecular complexity index is 491. The molecule has 2 aliphatic rings. The minimum Gasteiger partial charge on any atom is -0.375 e. The van der Waals surface area contributed by atoms with Gasteiger partial charge >= 0.3 is 0 Å². The Morgan fingerprint density at radius 3 is 2.95 bits per heavy atom. The molecule has 1 aromatic rings. The van der Waals surface area contributed by atoms with E-state index in [4.69, 9.17) is 4.74 Å². The number of carbonyl (C=O) groups is 1. The number of hydrogen-bond acceptors (Lipinski definition) is 3. The van der Waals surface area contributed by atoms with Crippen LogP contribution in [0, 0.1) is 6.92 Å². The average molecular weight is 291 g/mol. The third kappa shape index (κ3) is 3.28. The molecule has 2 saturated heterocycles. The van der Waals surface area contributed by atoms with Crippen molar-refractivity contribution >= 4 is 5.91 Å². The molecule has 116 valence electrons. The molecule has 1 aromatic heterocycles. The fourth-order valence-electron chi connectivity index (χ4n) is 3.54. The van der Waals surface area contributed by atoms with Gasteiger partial charge in [0.15, 0.2) is 0 Å². The van der Waals surface area contributed by atoms with Crippen LogP contribution in [0.25, 0.3) is 0 Å². The molecule has 1 atom stereocenters. The number of likely N-dealkylation sites (tertiary alicyclic amines) is 1. The van der Waals surface area contributed by atoms with E-state index in [0.29, 0.717) is 12.3 Å². The van der Waals surface area contributed by atoms with E-state index in [1.165, 1.54) is 0 Å². The van der Waals surface area contributed by atoms with Crippen molar-refractivity contribution in [3.63, 3.8) is 0 Å². The maximum atomic E-state index is 12.3. The van der Waals surface area contributed by atoms with Crippen molar-refractivity contribution in [1.82, 2.24) is 14.5 Å². The number of aromatic nitrogens is 2. The van der Waals surface area contributed by atoms with Crippen LogP contribution in [0.4, 0.5) is 0 Å². The standard InChI is InChI=1S/C16H25N3O2/c1-14-17-8-12-18(14)9-3-10-19-11-7-16(5-2-13-21-16)6-4-15(19)20/h8,12H,2-7,9-11,13H2,1H3/t16-/m1/s1. The van der Waals surface area contributed by atoms with Gasteiger partial charge in [0.2, 0.25) is 5.91 Å². The lowest BCUT2D eigenvalue weighted by molar-refractivity contribution is -0.130. The van der Waals surface area contributed by atoms with Crippen LogP contribution in [0.1, 0.15) is 44.3 Å². The summed E-state index contributed by atoms with van der Waals surface area (Å²) in [5.41, 5.74) is 0.00530. The van der Waals surface area contributed by atoms with Crippen molar-refractivity contribution in [2.45, 2.75) is 57.6 Å². The van der Waals surface area contributed by atoms with Crippen LogP contribution >= 0.6 is 0 Å². The molecular formula is C16H25N3O2. The summed E-state index contributed by atoms with van der Waals surface area (Å²) in [4.78, 5) is 18.5. The first-order valence-corrected chi connectivity index (χ1v) is 8.08. The van der Waals surface area contributed by atoms with Crippen LogP contribution in [-0.2, 0) is 16.1 Å². The summed E-state index contributed by atoms with van der Waals surface area (Å²) in [5, 5.41) is 0. The van der Waals surface area contributed by atoms with Gasteiger partial charge in [-0.3, -0.25) is 4.79 Å². The molecule has 5 heteroatoms. The molecule has 0 unspecified atom stereocenters. The van der Waals surface area contributed by atoms with E-state index in [9.17, 15) is 4.79 Å². The summed E-state index contributed by atoms with van der Waals surface area (Å²) in [6, 6.07) is 0. The van der Waals surface area contributed by atoms with Gasteiger partial charge in [0.05, 0.1) is 5.60 Å². The van der Waals surface area contributed by atoms with Gasteiger partial charge in [-0.25, -0.2) is 4.98 Å². The minimum atomic E-state index is 0.00530. The third-order valence-electron chi connectivity index (χ3n) is 4.92. The van der Waals surface area contributed by atoms with Crippen LogP contribution in [0.5, 0.6) is 0 Å². The Morgan fingerprint density at radius 2 is 2.24 bits per heavy atom. The Balaban J connectivity index is 1.51. The first-order valence-electron chi connectivity index (χ1n) is 8.08. The maximum Gasteiger partial charge on any atom is 0.222 e. The molecule has 0 bridgehead atoms. The molecule has 0 radical (unpaired) electrons. The van der Waals surface area contributed by atoms with Crippen molar-refractivity contribution < 1.29 is 9.53 Å². The van der Waals surface area contributed by atoms with Crippen molar-refractivity contribution in [3.05, 3.63) is 18.2 Å². The van der Waals surface area contributed by atoms with Crippen LogP contribution in [0.3, 0.4) is 0 Å². The Hall–Kier alpha value is -1.36. The summed E-state index contributed by atoms with van der Waals surface area (Å²) in [5.74, 6) is 1.33. The van der Waals surface area contributed by atoms with Crippen LogP contribution in [0.2, 0.25) is 0 Å². The quantitative estimate of drug-likeness (QED) is 0.854. The highest BCUT2D eigenvalue weighted by Gasteiger charge is 2.38. The van der Waals surface area contributed by atoms with Gasteiger partial charge in [0, 0.05) is 45.1 Å². The van der Waals surface area contributed by atoms with Gasteiger partial charge in [-0.15, -0.1) is 0 Å². The Kier molecular flexibility index (Phi) is 4.29. The zero-order chi connectivity index (χ0) is 14.7. The second-order valence-corrected chi connectivity index (χ2v) is 6.29. The van der Waals surface area contributed by atoms with Crippen LogP contribution in [-0.4, -0.2) is 45.7 Å². The number of aryl methyl sites for hydroxylation is 2. The van der Waals surface area contributed by atoms with Gasteiger partial charge < -0.3 is 14.2 Å². The molecule has 0 aromatic carbocycles. The first kappa shape index (κ1) is 14.6. The van der Waals surface area contributed by atoms with Gasteiger partial charge in [-0.1, -0.05) is 0 Å². The van der Waals surface area contributed by atoms with Gasteiger partial charge in [-0.2, -0.15) is 0 Å². The Morgan fingerprint density at radius 1 is 1.33 bits per heavy atom. The first-order chi connectivity index (χ1) is 10.2. The molecule has 1 spiro atoms. The minimum absolute atomic E-state index is 0.00530. The molecular weight excluding hydrogens is 266 g/mol. The molecule has 1 amide bonds. The number of ether oxygens (including phenoxy) is 1. The van der Waals surface area contributed by atoms with E-state index in [1.807, 2.05) is 24.2 Å². The molecule has 5 nitrogen and oxygen atoms in total. The number of nitrogens with zero attached hydrogens (tertiary/aromatic N) is 3. The summed E-state index contributed by atoms with van der Waals surface area (Å²) in [6.45, 7) is 5.50. The molecule has 0 saturated carbocycles. The van der Waals surface area contributed by atoms with Crippen LogP contribution in [0.15, 0.2) is 12.4 Å². The second kappa shape index (κ2) is 6.18. The lowest BCUT2D eigenvalue weighted by Gasteiger charge is -2.26. The number of imidazole rings is 1. The Labute approximate surface area is 126 Å². The van der Waals surface area contributed by atoms with E-state index in [1.54, 1.807) is 0 Å². The predicted octanol–water partition coefficient (Wildman–Crippen LogP) is 2.14. The summed E-state index contributed by atoms with van der Waals surface area (Å²) >= 11 is 0. The summed E-state index contributed by atoms with van der Waals surface area (Å²) < 4.78 is 8.09.